The first-order chi connectivity index (χ1) is 5.08. The first kappa shape index (κ1) is 8.52. The van der Waals surface area contributed by atoms with E-state index in [9.17, 15) is 13.2 Å². The highest BCUT2D eigenvalue weighted by Crippen LogP contribution is 2.22. The van der Waals surface area contributed by atoms with E-state index in [0.29, 0.717) is 5.01 Å². The smallest absolute Gasteiger partial charge is 0.250 e. The van der Waals surface area contributed by atoms with Crippen molar-refractivity contribution in [3.63, 3.8) is 0 Å². The van der Waals surface area contributed by atoms with Gasteiger partial charge in [0.15, 0.2) is 0 Å². The van der Waals surface area contributed by atoms with Gasteiger partial charge in [0.2, 0.25) is 0 Å². The van der Waals surface area contributed by atoms with Crippen molar-refractivity contribution in [1.29, 1.82) is 0 Å². The third-order valence-electron chi connectivity index (χ3n) is 1.11. The molecule has 0 aliphatic heterocycles. The molecule has 0 bridgehead atoms. The molecule has 0 N–H and O–H groups in total. The summed E-state index contributed by atoms with van der Waals surface area (Å²) in [5, 5.41) is 2.22. The summed E-state index contributed by atoms with van der Waals surface area (Å²) in [6.45, 7) is 0. The molecule has 1 nitrogen and oxygen atoms in total. The molecule has 5 heteroatoms. The first-order valence-electron chi connectivity index (χ1n) is 3.03. The Morgan fingerprint density at radius 3 is 2.64 bits per heavy atom. The monoisotopic (exact) mass is 181 g/mol. The third kappa shape index (κ3) is 3.36. The van der Waals surface area contributed by atoms with Gasteiger partial charge >= 0.3 is 6.18 Å². The number of nitrogens with zero attached hydrogens (tertiary/aromatic N) is 1. The Morgan fingerprint density at radius 2 is 2.18 bits per heavy atom. The Bertz CT molecular complexity index is 204. The molecule has 11 heavy (non-hydrogen) atoms. The number of alkyl halides is 3. The molecule has 1 aromatic heterocycles. The van der Waals surface area contributed by atoms with E-state index in [1.165, 1.54) is 17.5 Å². The van der Waals surface area contributed by atoms with Gasteiger partial charge in [-0.15, -0.1) is 11.3 Å². The van der Waals surface area contributed by atoms with E-state index < -0.39 is 12.6 Å². The molecular weight excluding hydrogens is 175 g/mol. The van der Waals surface area contributed by atoms with Crippen LogP contribution in [0.5, 0.6) is 0 Å². The van der Waals surface area contributed by atoms with Crippen LogP contribution >= 0.6 is 11.3 Å². The van der Waals surface area contributed by atoms with Crippen molar-refractivity contribution in [2.75, 3.05) is 0 Å². The number of aryl methyl sites for hydroxylation is 1. The van der Waals surface area contributed by atoms with Gasteiger partial charge in [0.05, 0.1) is 5.01 Å². The van der Waals surface area contributed by atoms with E-state index in [2.05, 4.69) is 4.98 Å². The zero-order valence-corrected chi connectivity index (χ0v) is 6.37. The number of halogens is 3. The molecule has 0 aromatic carbocycles. The Hall–Kier alpha value is -0.580. The fourth-order valence-electron chi connectivity index (χ4n) is 0.625. The molecular formula is C6H6F3NS. The predicted molar refractivity (Wildman–Crippen MR) is 36.5 cm³/mol. The molecule has 0 saturated heterocycles. The summed E-state index contributed by atoms with van der Waals surface area (Å²) < 4.78 is 34.9. The van der Waals surface area contributed by atoms with Gasteiger partial charge < -0.3 is 0 Å². The number of thiazole rings is 1. The van der Waals surface area contributed by atoms with Crippen molar-refractivity contribution in [3.8, 4) is 0 Å². The number of hydrogen-bond acceptors (Lipinski definition) is 2. The van der Waals surface area contributed by atoms with Crippen LogP contribution in [0.15, 0.2) is 11.6 Å². The maximum Gasteiger partial charge on any atom is 0.389 e. The molecule has 1 heterocycles. The minimum Gasteiger partial charge on any atom is -0.250 e. The Kier molecular flexibility index (Phi) is 2.49. The Labute approximate surface area is 65.9 Å². The zero-order valence-electron chi connectivity index (χ0n) is 5.56. The lowest BCUT2D eigenvalue weighted by molar-refractivity contribution is -0.133. The van der Waals surface area contributed by atoms with Gasteiger partial charge in [-0.2, -0.15) is 13.2 Å². The summed E-state index contributed by atoms with van der Waals surface area (Å²) >= 11 is 1.25. The molecule has 0 atom stereocenters. The van der Waals surface area contributed by atoms with Crippen LogP contribution in [0.3, 0.4) is 0 Å². The van der Waals surface area contributed by atoms with E-state index >= 15 is 0 Å². The lowest BCUT2D eigenvalue weighted by atomic mass is 10.3. The van der Waals surface area contributed by atoms with Crippen LogP contribution in [-0.4, -0.2) is 11.2 Å². The SMILES string of the molecule is FC(F)(F)CCc1nccs1. The minimum absolute atomic E-state index is 0.00116. The average molecular weight is 181 g/mol. The standard InChI is InChI=1S/C6H6F3NS/c7-6(8,9)2-1-5-10-3-4-11-5/h3-4H,1-2H2. The van der Waals surface area contributed by atoms with Crippen molar-refractivity contribution >= 4 is 11.3 Å². The summed E-state index contributed by atoms with van der Waals surface area (Å²) in [6, 6.07) is 0. The molecule has 0 saturated carbocycles. The fourth-order valence-corrected chi connectivity index (χ4v) is 1.25. The van der Waals surface area contributed by atoms with Gasteiger partial charge in [-0.1, -0.05) is 0 Å². The molecule has 1 aromatic rings. The lowest BCUT2D eigenvalue weighted by Crippen LogP contribution is -2.08. The van der Waals surface area contributed by atoms with E-state index in [1.807, 2.05) is 0 Å². The molecule has 0 aliphatic rings. The second-order valence-electron chi connectivity index (χ2n) is 2.04. The number of aromatic nitrogens is 1. The Balaban J connectivity index is 2.35. The van der Waals surface area contributed by atoms with E-state index in [0.717, 1.165) is 0 Å². The fraction of sp³-hybridized carbons (Fsp3) is 0.500. The van der Waals surface area contributed by atoms with Gasteiger partial charge in [-0.25, -0.2) is 4.98 Å². The summed E-state index contributed by atoms with van der Waals surface area (Å²) in [5.41, 5.74) is 0. The van der Waals surface area contributed by atoms with Gasteiger partial charge in [-0.3, -0.25) is 0 Å². The first-order valence-corrected chi connectivity index (χ1v) is 3.91. The molecule has 62 valence electrons. The lowest BCUT2D eigenvalue weighted by Gasteiger charge is -2.02. The highest BCUT2D eigenvalue weighted by Gasteiger charge is 2.26. The van der Waals surface area contributed by atoms with Crippen LogP contribution in [0.1, 0.15) is 11.4 Å². The molecule has 1 rings (SSSR count). The zero-order chi connectivity index (χ0) is 8.32. The number of rotatable bonds is 2. The second kappa shape index (κ2) is 3.21. The summed E-state index contributed by atoms with van der Waals surface area (Å²) in [4.78, 5) is 3.74. The van der Waals surface area contributed by atoms with Crippen LogP contribution in [0.2, 0.25) is 0 Å². The van der Waals surface area contributed by atoms with Crippen LogP contribution in [0.4, 0.5) is 13.2 Å². The summed E-state index contributed by atoms with van der Waals surface area (Å²) in [6.07, 6.45) is -3.33. The quantitative estimate of drug-likeness (QED) is 0.683. The minimum atomic E-state index is -4.06. The molecule has 0 fully saturated rings. The summed E-state index contributed by atoms with van der Waals surface area (Å²) in [7, 11) is 0. The van der Waals surface area contributed by atoms with Crippen molar-refractivity contribution in [2.24, 2.45) is 0 Å². The highest BCUT2D eigenvalue weighted by molar-refractivity contribution is 7.09. The Morgan fingerprint density at radius 1 is 1.45 bits per heavy atom. The largest absolute Gasteiger partial charge is 0.389 e. The van der Waals surface area contributed by atoms with Crippen LogP contribution in [0, 0.1) is 0 Å². The van der Waals surface area contributed by atoms with Crippen LogP contribution < -0.4 is 0 Å². The van der Waals surface area contributed by atoms with Crippen LogP contribution in [0.25, 0.3) is 0 Å². The molecule has 0 spiro atoms. The maximum atomic E-state index is 11.6. The van der Waals surface area contributed by atoms with Gasteiger partial charge in [-0.05, 0) is 0 Å². The molecule has 0 aliphatic carbocycles. The van der Waals surface area contributed by atoms with Gasteiger partial charge in [0.25, 0.3) is 0 Å². The van der Waals surface area contributed by atoms with Crippen LogP contribution in [-0.2, 0) is 6.42 Å². The molecule has 0 amide bonds. The van der Waals surface area contributed by atoms with Crippen molar-refractivity contribution in [1.82, 2.24) is 4.98 Å². The highest BCUT2D eigenvalue weighted by atomic mass is 32.1. The third-order valence-corrected chi connectivity index (χ3v) is 1.95. The number of hydrogen-bond donors (Lipinski definition) is 0. The normalized spacial score (nSPS) is 11.9. The van der Waals surface area contributed by atoms with E-state index in [-0.39, 0.29) is 6.42 Å². The van der Waals surface area contributed by atoms with Gasteiger partial charge in [0.1, 0.15) is 0 Å². The topological polar surface area (TPSA) is 12.9 Å². The molecule has 0 unspecified atom stereocenters. The predicted octanol–water partition coefficient (Wildman–Crippen LogP) is 2.64. The van der Waals surface area contributed by atoms with Gasteiger partial charge in [0, 0.05) is 24.4 Å². The second-order valence-corrected chi connectivity index (χ2v) is 3.02. The average Bonchev–Trinajstić information content (AvgIpc) is 2.32. The van der Waals surface area contributed by atoms with E-state index in [4.69, 9.17) is 0 Å². The summed E-state index contributed by atoms with van der Waals surface area (Å²) in [5.74, 6) is 0. The van der Waals surface area contributed by atoms with Crippen molar-refractivity contribution < 1.29 is 13.2 Å². The molecule has 0 radical (unpaired) electrons. The van der Waals surface area contributed by atoms with Crippen molar-refractivity contribution in [3.05, 3.63) is 16.6 Å². The van der Waals surface area contributed by atoms with Crippen molar-refractivity contribution in [2.45, 2.75) is 19.0 Å². The maximum absolute atomic E-state index is 11.6. The van der Waals surface area contributed by atoms with E-state index in [1.54, 1.807) is 5.38 Å².